The summed E-state index contributed by atoms with van der Waals surface area (Å²) in [6.45, 7) is 4.53. The molecule has 0 saturated carbocycles. The molecule has 2 rings (SSSR count). The Hall–Kier alpha value is -1.40. The fourth-order valence-corrected chi connectivity index (χ4v) is 4.51. The molecule has 0 heterocycles. The lowest BCUT2D eigenvalue weighted by Crippen LogP contribution is -2.49. The Labute approximate surface area is 197 Å². The minimum atomic E-state index is -0.562. The Bertz CT molecular complexity index is 879. The molecule has 162 valence electrons. The summed E-state index contributed by atoms with van der Waals surface area (Å²) in [7, 11) is 0. The third-order valence-electron chi connectivity index (χ3n) is 4.51. The van der Waals surface area contributed by atoms with Crippen molar-refractivity contribution >= 4 is 58.4 Å². The van der Waals surface area contributed by atoms with E-state index in [1.54, 1.807) is 17.0 Å². The highest BCUT2D eigenvalue weighted by Gasteiger charge is 2.28. The van der Waals surface area contributed by atoms with E-state index in [0.717, 1.165) is 11.1 Å². The number of likely N-dealkylation sites (N-methyl/N-ethyl adjacent to an activating group) is 1. The van der Waals surface area contributed by atoms with Gasteiger partial charge in [-0.1, -0.05) is 66.0 Å². The van der Waals surface area contributed by atoms with E-state index in [1.165, 1.54) is 11.8 Å². The first-order valence-electron chi connectivity index (χ1n) is 9.69. The second-order valence-corrected chi connectivity index (χ2v) is 8.88. The molecule has 2 aromatic rings. The Morgan fingerprint density at radius 2 is 1.77 bits per heavy atom. The van der Waals surface area contributed by atoms with E-state index in [0.29, 0.717) is 33.8 Å². The van der Waals surface area contributed by atoms with Crippen molar-refractivity contribution in [2.75, 3.05) is 12.3 Å². The molecule has 0 spiro atoms. The molecule has 30 heavy (non-hydrogen) atoms. The number of rotatable bonds is 10. The Morgan fingerprint density at radius 1 is 1.03 bits per heavy atom. The predicted octanol–water partition coefficient (Wildman–Crippen LogP) is 5.82. The van der Waals surface area contributed by atoms with Crippen molar-refractivity contribution in [2.24, 2.45) is 0 Å². The van der Waals surface area contributed by atoms with Gasteiger partial charge < -0.3 is 10.2 Å². The smallest absolute Gasteiger partial charge is 0.242 e. The Kier molecular flexibility index (Phi) is 10.3. The SMILES string of the molecule is CCNC(=O)[C@@H](CC)N(Cc1ccc(Cl)c(Cl)c1)C(=O)CSCc1ccccc1Cl. The minimum absolute atomic E-state index is 0.115. The molecule has 0 fully saturated rings. The third-order valence-corrected chi connectivity index (χ3v) is 6.59. The summed E-state index contributed by atoms with van der Waals surface area (Å²) in [5.74, 6) is 0.577. The molecule has 0 unspecified atom stereocenters. The van der Waals surface area contributed by atoms with Crippen LogP contribution in [0.5, 0.6) is 0 Å². The molecular weight excluding hydrogens is 463 g/mol. The van der Waals surface area contributed by atoms with Crippen molar-refractivity contribution in [1.82, 2.24) is 10.2 Å². The van der Waals surface area contributed by atoms with Crippen LogP contribution in [0.1, 0.15) is 31.4 Å². The van der Waals surface area contributed by atoms with Crippen LogP contribution in [0.3, 0.4) is 0 Å². The topological polar surface area (TPSA) is 49.4 Å². The normalized spacial score (nSPS) is 11.8. The summed E-state index contributed by atoms with van der Waals surface area (Å²) in [6, 6.07) is 12.2. The molecule has 2 aromatic carbocycles. The number of thioether (sulfide) groups is 1. The summed E-state index contributed by atoms with van der Waals surface area (Å²) >= 11 is 19.8. The molecule has 1 N–H and O–H groups in total. The molecular formula is C22H25Cl3N2O2S. The van der Waals surface area contributed by atoms with E-state index in [4.69, 9.17) is 34.8 Å². The number of nitrogens with zero attached hydrogens (tertiary/aromatic N) is 1. The average molecular weight is 488 g/mol. The Balaban J connectivity index is 2.15. The summed E-state index contributed by atoms with van der Waals surface area (Å²) in [6.07, 6.45) is 0.508. The fraction of sp³-hybridized carbons (Fsp3) is 0.364. The van der Waals surface area contributed by atoms with Crippen molar-refractivity contribution in [3.05, 3.63) is 68.7 Å². The van der Waals surface area contributed by atoms with Crippen molar-refractivity contribution in [1.29, 1.82) is 0 Å². The highest BCUT2D eigenvalue weighted by Crippen LogP contribution is 2.25. The first-order chi connectivity index (χ1) is 14.4. The summed E-state index contributed by atoms with van der Waals surface area (Å²) in [5.41, 5.74) is 1.79. The molecule has 0 saturated heterocycles. The molecule has 0 aliphatic heterocycles. The zero-order valence-electron chi connectivity index (χ0n) is 17.0. The van der Waals surface area contributed by atoms with Crippen LogP contribution in [0.4, 0.5) is 0 Å². The zero-order chi connectivity index (χ0) is 22.1. The van der Waals surface area contributed by atoms with E-state index < -0.39 is 6.04 Å². The molecule has 0 aliphatic carbocycles. The maximum Gasteiger partial charge on any atom is 0.242 e. The van der Waals surface area contributed by atoms with E-state index in [-0.39, 0.29) is 24.1 Å². The van der Waals surface area contributed by atoms with Gasteiger partial charge in [-0.2, -0.15) is 0 Å². The summed E-state index contributed by atoms with van der Waals surface area (Å²) < 4.78 is 0. The van der Waals surface area contributed by atoms with Crippen LogP contribution in [-0.2, 0) is 21.9 Å². The number of carbonyl (C=O) groups is 2. The number of hydrogen-bond acceptors (Lipinski definition) is 3. The average Bonchev–Trinajstić information content (AvgIpc) is 2.72. The number of nitrogens with one attached hydrogen (secondary N) is 1. The van der Waals surface area contributed by atoms with Crippen molar-refractivity contribution in [3.8, 4) is 0 Å². The molecule has 1 atom stereocenters. The van der Waals surface area contributed by atoms with E-state index in [1.807, 2.05) is 44.2 Å². The Morgan fingerprint density at radius 3 is 2.40 bits per heavy atom. The van der Waals surface area contributed by atoms with Gasteiger partial charge in [-0.15, -0.1) is 11.8 Å². The standard InChI is InChI=1S/C22H25Cl3N2O2S/c1-3-20(22(29)26-4-2)27(12-15-9-10-18(24)19(25)11-15)21(28)14-30-13-16-7-5-6-8-17(16)23/h5-11,20H,3-4,12-14H2,1-2H3,(H,26,29)/t20-/m1/s1. The number of carbonyl (C=O) groups excluding carboxylic acids is 2. The van der Waals surface area contributed by atoms with Crippen LogP contribution in [0.25, 0.3) is 0 Å². The van der Waals surface area contributed by atoms with Gasteiger partial charge in [0.25, 0.3) is 0 Å². The predicted molar refractivity (Wildman–Crippen MR) is 127 cm³/mol. The number of hydrogen-bond donors (Lipinski definition) is 1. The van der Waals surface area contributed by atoms with Crippen molar-refractivity contribution in [3.63, 3.8) is 0 Å². The molecule has 0 aliphatic rings. The van der Waals surface area contributed by atoms with E-state index >= 15 is 0 Å². The second kappa shape index (κ2) is 12.5. The third kappa shape index (κ3) is 7.09. The van der Waals surface area contributed by atoms with Gasteiger partial charge in [0.05, 0.1) is 15.8 Å². The van der Waals surface area contributed by atoms with Crippen LogP contribution in [0.2, 0.25) is 15.1 Å². The van der Waals surface area contributed by atoms with Crippen molar-refractivity contribution in [2.45, 2.75) is 38.6 Å². The van der Waals surface area contributed by atoms with Gasteiger partial charge in [0.1, 0.15) is 6.04 Å². The van der Waals surface area contributed by atoms with Crippen LogP contribution in [-0.4, -0.2) is 35.1 Å². The van der Waals surface area contributed by atoms with Gasteiger partial charge >= 0.3 is 0 Å². The lowest BCUT2D eigenvalue weighted by Gasteiger charge is -2.30. The first-order valence-corrected chi connectivity index (χ1v) is 12.0. The molecule has 0 bridgehead atoms. The zero-order valence-corrected chi connectivity index (χ0v) is 20.0. The molecule has 4 nitrogen and oxygen atoms in total. The highest BCUT2D eigenvalue weighted by atomic mass is 35.5. The fourth-order valence-electron chi connectivity index (χ4n) is 2.99. The molecule has 2 amide bonds. The van der Waals surface area contributed by atoms with Crippen LogP contribution >= 0.6 is 46.6 Å². The van der Waals surface area contributed by atoms with Gasteiger partial charge in [-0.25, -0.2) is 0 Å². The molecule has 0 radical (unpaired) electrons. The van der Waals surface area contributed by atoms with Crippen LogP contribution in [0.15, 0.2) is 42.5 Å². The minimum Gasteiger partial charge on any atom is -0.355 e. The summed E-state index contributed by atoms with van der Waals surface area (Å²) in [4.78, 5) is 27.3. The van der Waals surface area contributed by atoms with Crippen LogP contribution < -0.4 is 5.32 Å². The van der Waals surface area contributed by atoms with Gasteiger partial charge in [0.15, 0.2) is 0 Å². The largest absolute Gasteiger partial charge is 0.355 e. The van der Waals surface area contributed by atoms with Crippen LogP contribution in [0, 0.1) is 0 Å². The van der Waals surface area contributed by atoms with E-state index in [9.17, 15) is 9.59 Å². The lowest BCUT2D eigenvalue weighted by atomic mass is 10.1. The van der Waals surface area contributed by atoms with Gasteiger partial charge in [-0.05, 0) is 42.7 Å². The monoisotopic (exact) mass is 486 g/mol. The van der Waals surface area contributed by atoms with Gasteiger partial charge in [0, 0.05) is 23.9 Å². The molecule has 0 aromatic heterocycles. The van der Waals surface area contributed by atoms with Gasteiger partial charge in [0.2, 0.25) is 11.8 Å². The lowest BCUT2D eigenvalue weighted by molar-refractivity contribution is -0.139. The quantitative estimate of drug-likeness (QED) is 0.459. The maximum absolute atomic E-state index is 13.1. The molecule has 8 heteroatoms. The number of benzene rings is 2. The number of amides is 2. The van der Waals surface area contributed by atoms with Crippen molar-refractivity contribution < 1.29 is 9.59 Å². The first kappa shape index (κ1) is 24.9. The number of halogens is 3. The maximum atomic E-state index is 13.1. The van der Waals surface area contributed by atoms with Gasteiger partial charge in [-0.3, -0.25) is 9.59 Å². The van der Waals surface area contributed by atoms with E-state index in [2.05, 4.69) is 5.32 Å². The highest BCUT2D eigenvalue weighted by molar-refractivity contribution is 7.99. The second-order valence-electron chi connectivity index (χ2n) is 6.67. The summed E-state index contributed by atoms with van der Waals surface area (Å²) in [5, 5.41) is 4.37.